The van der Waals surface area contributed by atoms with E-state index in [4.69, 9.17) is 16.3 Å². The van der Waals surface area contributed by atoms with E-state index in [0.717, 1.165) is 5.56 Å². The van der Waals surface area contributed by atoms with Crippen molar-refractivity contribution in [3.05, 3.63) is 40.9 Å². The topological polar surface area (TPSA) is 46.5 Å². The average molecular weight is 255 g/mol. The Hall–Kier alpha value is -1.32. The fourth-order valence-corrected chi connectivity index (χ4v) is 1.38. The molecule has 0 spiro atoms. The lowest BCUT2D eigenvalue weighted by molar-refractivity contribution is -0.144. The first-order valence-electron chi connectivity index (χ1n) is 5.39. The molecular weight excluding hydrogens is 240 g/mol. The minimum absolute atomic E-state index is 0.0298. The van der Waals surface area contributed by atoms with Gasteiger partial charge in [-0.1, -0.05) is 35.9 Å². The molecule has 3 nitrogen and oxygen atoms in total. The molecule has 0 radical (unpaired) electrons. The van der Waals surface area contributed by atoms with Crippen LogP contribution in [0, 0.1) is 0 Å². The maximum absolute atomic E-state index is 11.1. The van der Waals surface area contributed by atoms with Crippen LogP contribution in [0.15, 0.2) is 30.3 Å². The first-order valence-corrected chi connectivity index (χ1v) is 5.77. The molecule has 17 heavy (non-hydrogen) atoms. The van der Waals surface area contributed by atoms with Crippen LogP contribution in [0.2, 0.25) is 5.02 Å². The molecule has 0 unspecified atom stereocenters. The second kappa shape index (κ2) is 7.09. The van der Waals surface area contributed by atoms with Crippen molar-refractivity contribution < 1.29 is 14.6 Å². The zero-order valence-electron chi connectivity index (χ0n) is 9.60. The zero-order chi connectivity index (χ0) is 12.7. The molecule has 1 rings (SSSR count). The number of rotatable bonds is 5. The monoisotopic (exact) mass is 254 g/mol. The summed E-state index contributed by atoms with van der Waals surface area (Å²) in [5.74, 6) is -0.402. The highest BCUT2D eigenvalue weighted by Crippen LogP contribution is 2.11. The Bertz CT molecular complexity index is 384. The van der Waals surface area contributed by atoms with Gasteiger partial charge in [0, 0.05) is 5.02 Å². The molecule has 1 N–H and O–H groups in total. The standard InChI is InChI=1S/C13H15ClO3/c1-2-17-13(16)9-12(15)8-5-10-3-6-11(14)7-4-10/h3-8,12,15H,2,9H2,1H3/b8-5+/t12-/m1/s1. The van der Waals surface area contributed by atoms with E-state index in [2.05, 4.69) is 0 Å². The van der Waals surface area contributed by atoms with Gasteiger partial charge in [-0.15, -0.1) is 0 Å². The highest BCUT2D eigenvalue weighted by molar-refractivity contribution is 6.30. The first-order chi connectivity index (χ1) is 8.11. The van der Waals surface area contributed by atoms with Crippen molar-refractivity contribution in [2.24, 2.45) is 0 Å². The van der Waals surface area contributed by atoms with Gasteiger partial charge >= 0.3 is 5.97 Å². The molecule has 0 heterocycles. The lowest BCUT2D eigenvalue weighted by Gasteiger charge is -2.04. The van der Waals surface area contributed by atoms with Crippen LogP contribution < -0.4 is 0 Å². The Kier molecular flexibility index (Phi) is 5.73. The van der Waals surface area contributed by atoms with Gasteiger partial charge in [-0.05, 0) is 24.6 Å². The summed E-state index contributed by atoms with van der Waals surface area (Å²) in [5.41, 5.74) is 0.914. The quantitative estimate of drug-likeness (QED) is 0.822. The lowest BCUT2D eigenvalue weighted by atomic mass is 10.1. The molecular formula is C13H15ClO3. The minimum atomic E-state index is -0.829. The Morgan fingerprint density at radius 2 is 2.12 bits per heavy atom. The number of benzene rings is 1. The molecule has 0 amide bonds. The van der Waals surface area contributed by atoms with E-state index in [0.29, 0.717) is 11.6 Å². The van der Waals surface area contributed by atoms with Crippen LogP contribution in [0.4, 0.5) is 0 Å². The molecule has 92 valence electrons. The highest BCUT2D eigenvalue weighted by Gasteiger charge is 2.07. The summed E-state index contributed by atoms with van der Waals surface area (Å²) >= 11 is 5.74. The van der Waals surface area contributed by atoms with Crippen molar-refractivity contribution in [3.63, 3.8) is 0 Å². The van der Waals surface area contributed by atoms with Gasteiger partial charge < -0.3 is 9.84 Å². The highest BCUT2D eigenvalue weighted by atomic mass is 35.5. The molecule has 0 saturated carbocycles. The summed E-state index contributed by atoms with van der Waals surface area (Å²) in [7, 11) is 0. The molecule has 0 fully saturated rings. The van der Waals surface area contributed by atoms with Gasteiger partial charge in [0.15, 0.2) is 0 Å². The number of carbonyl (C=O) groups is 1. The van der Waals surface area contributed by atoms with Crippen molar-refractivity contribution in [1.29, 1.82) is 0 Å². The van der Waals surface area contributed by atoms with E-state index in [1.54, 1.807) is 31.2 Å². The van der Waals surface area contributed by atoms with Crippen LogP contribution in [-0.2, 0) is 9.53 Å². The van der Waals surface area contributed by atoms with Crippen molar-refractivity contribution in [2.45, 2.75) is 19.4 Å². The van der Waals surface area contributed by atoms with Gasteiger partial charge in [-0.2, -0.15) is 0 Å². The van der Waals surface area contributed by atoms with E-state index < -0.39 is 12.1 Å². The zero-order valence-corrected chi connectivity index (χ0v) is 10.4. The first kappa shape index (κ1) is 13.7. The summed E-state index contributed by atoms with van der Waals surface area (Å²) in [6.45, 7) is 2.06. The average Bonchev–Trinajstić information content (AvgIpc) is 2.28. The Balaban J connectivity index is 2.47. The van der Waals surface area contributed by atoms with Crippen molar-refractivity contribution in [1.82, 2.24) is 0 Å². The van der Waals surface area contributed by atoms with E-state index in [1.165, 1.54) is 0 Å². The second-order valence-electron chi connectivity index (χ2n) is 3.49. The van der Waals surface area contributed by atoms with Crippen LogP contribution in [0.1, 0.15) is 18.9 Å². The summed E-state index contributed by atoms with van der Waals surface area (Å²) in [6.07, 6.45) is 2.43. The summed E-state index contributed by atoms with van der Waals surface area (Å²) in [6, 6.07) is 7.18. The van der Waals surface area contributed by atoms with Gasteiger partial charge in [-0.3, -0.25) is 4.79 Å². The van der Waals surface area contributed by atoms with Crippen molar-refractivity contribution >= 4 is 23.6 Å². The maximum Gasteiger partial charge on any atom is 0.308 e. The third-order valence-corrected chi connectivity index (χ3v) is 2.31. The van der Waals surface area contributed by atoms with E-state index >= 15 is 0 Å². The van der Waals surface area contributed by atoms with Crippen LogP contribution in [-0.4, -0.2) is 23.8 Å². The summed E-state index contributed by atoms with van der Waals surface area (Å²) in [5, 5.41) is 10.2. The van der Waals surface area contributed by atoms with Crippen LogP contribution in [0.25, 0.3) is 6.08 Å². The Morgan fingerprint density at radius 1 is 1.47 bits per heavy atom. The number of hydrogen-bond acceptors (Lipinski definition) is 3. The third-order valence-electron chi connectivity index (χ3n) is 2.06. The molecule has 0 aliphatic carbocycles. The van der Waals surface area contributed by atoms with E-state index in [-0.39, 0.29) is 6.42 Å². The van der Waals surface area contributed by atoms with E-state index in [1.807, 2.05) is 12.1 Å². The molecule has 0 aliphatic heterocycles. The van der Waals surface area contributed by atoms with Crippen LogP contribution in [0.5, 0.6) is 0 Å². The fraction of sp³-hybridized carbons (Fsp3) is 0.308. The van der Waals surface area contributed by atoms with Gasteiger partial charge in [0.1, 0.15) is 0 Å². The summed E-state index contributed by atoms with van der Waals surface area (Å²) < 4.78 is 4.73. The van der Waals surface area contributed by atoms with E-state index in [9.17, 15) is 9.90 Å². The molecule has 0 aliphatic rings. The number of ether oxygens (including phenoxy) is 1. The van der Waals surface area contributed by atoms with Crippen LogP contribution >= 0.6 is 11.6 Å². The smallest absolute Gasteiger partial charge is 0.308 e. The fourth-order valence-electron chi connectivity index (χ4n) is 1.25. The van der Waals surface area contributed by atoms with Crippen LogP contribution in [0.3, 0.4) is 0 Å². The predicted molar refractivity (Wildman–Crippen MR) is 67.7 cm³/mol. The molecule has 0 saturated heterocycles. The Morgan fingerprint density at radius 3 is 2.71 bits per heavy atom. The molecule has 1 aromatic rings. The SMILES string of the molecule is CCOC(=O)C[C@H](O)/C=C/c1ccc(Cl)cc1. The maximum atomic E-state index is 11.1. The Labute approximate surface area is 106 Å². The molecule has 0 aromatic heterocycles. The number of hydrogen-bond donors (Lipinski definition) is 1. The number of esters is 1. The third kappa shape index (κ3) is 5.52. The number of halogens is 1. The van der Waals surface area contributed by atoms with Gasteiger partial charge in [-0.25, -0.2) is 0 Å². The van der Waals surface area contributed by atoms with Gasteiger partial charge in [0.25, 0.3) is 0 Å². The molecule has 0 bridgehead atoms. The minimum Gasteiger partial charge on any atom is -0.466 e. The van der Waals surface area contributed by atoms with Crippen molar-refractivity contribution in [3.8, 4) is 0 Å². The number of aliphatic hydroxyl groups excluding tert-OH is 1. The lowest BCUT2D eigenvalue weighted by Crippen LogP contribution is -2.13. The van der Waals surface area contributed by atoms with Gasteiger partial charge in [0.05, 0.1) is 19.1 Å². The molecule has 4 heteroatoms. The number of aliphatic hydroxyl groups is 1. The molecule has 1 aromatic carbocycles. The molecule has 1 atom stereocenters. The van der Waals surface area contributed by atoms with Gasteiger partial charge in [0.2, 0.25) is 0 Å². The largest absolute Gasteiger partial charge is 0.466 e. The van der Waals surface area contributed by atoms with Crippen molar-refractivity contribution in [2.75, 3.05) is 6.61 Å². The number of carbonyl (C=O) groups excluding carboxylic acids is 1. The predicted octanol–water partition coefficient (Wildman–Crippen LogP) is 2.67. The normalized spacial score (nSPS) is 12.6. The second-order valence-corrected chi connectivity index (χ2v) is 3.92. The summed E-state index contributed by atoms with van der Waals surface area (Å²) in [4.78, 5) is 11.1.